The number of rotatable bonds is 6. The third kappa shape index (κ3) is 5.03. The molecule has 0 amide bonds. The fourth-order valence-corrected chi connectivity index (χ4v) is 3.22. The molecule has 0 aliphatic carbocycles. The molecule has 0 unspecified atom stereocenters. The summed E-state index contributed by atoms with van der Waals surface area (Å²) in [6.45, 7) is 5.42. The standard InChI is InChI=1S/C22H21BrClNO/c1-15-3-4-16(2)21(11-15)25-13-18-12-19(23)7-10-22(18)26-14-17-5-8-20(24)9-6-17/h3-12,25H,13-14H2,1-2H3. The lowest BCUT2D eigenvalue weighted by atomic mass is 10.1. The van der Waals surface area contributed by atoms with Gasteiger partial charge in [0.05, 0.1) is 0 Å². The highest BCUT2D eigenvalue weighted by Crippen LogP contribution is 2.26. The summed E-state index contributed by atoms with van der Waals surface area (Å²) >= 11 is 9.50. The van der Waals surface area contributed by atoms with Crippen molar-refractivity contribution in [1.29, 1.82) is 0 Å². The van der Waals surface area contributed by atoms with Gasteiger partial charge in [-0.25, -0.2) is 0 Å². The number of nitrogens with one attached hydrogen (secondary N) is 1. The van der Waals surface area contributed by atoms with Gasteiger partial charge in [0.1, 0.15) is 12.4 Å². The Bertz CT molecular complexity index is 893. The molecule has 0 saturated carbocycles. The van der Waals surface area contributed by atoms with Crippen LogP contribution in [0, 0.1) is 13.8 Å². The number of halogens is 2. The molecule has 0 heterocycles. The number of benzene rings is 3. The molecular weight excluding hydrogens is 410 g/mol. The summed E-state index contributed by atoms with van der Waals surface area (Å²) in [5.74, 6) is 0.876. The van der Waals surface area contributed by atoms with Crippen LogP contribution in [0.5, 0.6) is 5.75 Å². The van der Waals surface area contributed by atoms with Crippen molar-refractivity contribution in [3.63, 3.8) is 0 Å². The summed E-state index contributed by atoms with van der Waals surface area (Å²) in [6.07, 6.45) is 0. The Balaban J connectivity index is 1.73. The predicted octanol–water partition coefficient (Wildman–Crippen LogP) is 6.91. The number of hydrogen-bond acceptors (Lipinski definition) is 2. The van der Waals surface area contributed by atoms with Crippen LogP contribution in [0.15, 0.2) is 65.1 Å². The molecule has 0 saturated heterocycles. The maximum Gasteiger partial charge on any atom is 0.124 e. The Morgan fingerprint density at radius 1 is 0.962 bits per heavy atom. The normalized spacial score (nSPS) is 10.6. The van der Waals surface area contributed by atoms with Crippen molar-refractivity contribution < 1.29 is 4.74 Å². The molecule has 0 bridgehead atoms. The molecule has 2 nitrogen and oxygen atoms in total. The smallest absolute Gasteiger partial charge is 0.124 e. The van der Waals surface area contributed by atoms with Crippen LogP contribution < -0.4 is 10.1 Å². The topological polar surface area (TPSA) is 21.3 Å². The highest BCUT2D eigenvalue weighted by atomic mass is 79.9. The third-order valence-corrected chi connectivity index (χ3v) is 4.94. The van der Waals surface area contributed by atoms with E-state index in [2.05, 4.69) is 59.4 Å². The average molecular weight is 431 g/mol. The van der Waals surface area contributed by atoms with Crippen LogP contribution in [0.1, 0.15) is 22.3 Å². The SMILES string of the molecule is Cc1ccc(C)c(NCc2cc(Br)ccc2OCc2ccc(Cl)cc2)c1. The van der Waals surface area contributed by atoms with E-state index in [0.717, 1.165) is 32.1 Å². The fraction of sp³-hybridized carbons (Fsp3) is 0.182. The first-order chi connectivity index (χ1) is 12.5. The minimum atomic E-state index is 0.509. The van der Waals surface area contributed by atoms with Gasteiger partial charge >= 0.3 is 0 Å². The molecule has 3 aromatic carbocycles. The lowest BCUT2D eigenvalue weighted by Crippen LogP contribution is -2.05. The molecular formula is C22H21BrClNO. The number of aryl methyl sites for hydroxylation is 2. The minimum absolute atomic E-state index is 0.509. The fourth-order valence-electron chi connectivity index (χ4n) is 2.69. The Morgan fingerprint density at radius 3 is 2.50 bits per heavy atom. The van der Waals surface area contributed by atoms with E-state index in [1.54, 1.807) is 0 Å². The van der Waals surface area contributed by atoms with Crippen LogP contribution >= 0.6 is 27.5 Å². The van der Waals surface area contributed by atoms with E-state index in [1.165, 1.54) is 11.1 Å². The molecule has 0 spiro atoms. The maximum absolute atomic E-state index is 6.06. The molecule has 26 heavy (non-hydrogen) atoms. The average Bonchev–Trinajstić information content (AvgIpc) is 2.63. The minimum Gasteiger partial charge on any atom is -0.489 e. The van der Waals surface area contributed by atoms with E-state index in [0.29, 0.717) is 13.2 Å². The van der Waals surface area contributed by atoms with Gasteiger partial charge in [-0.15, -0.1) is 0 Å². The van der Waals surface area contributed by atoms with Crippen LogP contribution in [0.2, 0.25) is 5.02 Å². The lowest BCUT2D eigenvalue weighted by Gasteiger charge is -2.15. The van der Waals surface area contributed by atoms with Crippen LogP contribution in [0.4, 0.5) is 5.69 Å². The second-order valence-electron chi connectivity index (χ2n) is 6.34. The highest BCUT2D eigenvalue weighted by Gasteiger charge is 2.07. The molecule has 0 atom stereocenters. The summed E-state index contributed by atoms with van der Waals surface area (Å²) in [5.41, 5.74) is 5.81. The van der Waals surface area contributed by atoms with Gasteiger partial charge < -0.3 is 10.1 Å². The van der Waals surface area contributed by atoms with Crippen LogP contribution in [-0.2, 0) is 13.2 Å². The van der Waals surface area contributed by atoms with Crippen molar-refractivity contribution in [1.82, 2.24) is 0 Å². The zero-order valence-corrected chi connectivity index (χ0v) is 17.2. The maximum atomic E-state index is 6.06. The summed E-state index contributed by atoms with van der Waals surface area (Å²) in [6, 6.07) is 20.2. The van der Waals surface area contributed by atoms with E-state index in [1.807, 2.05) is 36.4 Å². The first-order valence-electron chi connectivity index (χ1n) is 8.48. The summed E-state index contributed by atoms with van der Waals surface area (Å²) < 4.78 is 7.09. The largest absolute Gasteiger partial charge is 0.489 e. The van der Waals surface area contributed by atoms with Crippen LogP contribution in [0.25, 0.3) is 0 Å². The van der Waals surface area contributed by atoms with Gasteiger partial charge in [0.15, 0.2) is 0 Å². The predicted molar refractivity (Wildman–Crippen MR) is 113 cm³/mol. The zero-order chi connectivity index (χ0) is 18.5. The Morgan fingerprint density at radius 2 is 1.73 bits per heavy atom. The first kappa shape index (κ1) is 18.8. The van der Waals surface area contributed by atoms with Gasteiger partial charge in [-0.05, 0) is 66.9 Å². The van der Waals surface area contributed by atoms with Gasteiger partial charge in [-0.1, -0.05) is 51.8 Å². The summed E-state index contributed by atoms with van der Waals surface area (Å²) in [4.78, 5) is 0. The van der Waals surface area contributed by atoms with E-state index in [-0.39, 0.29) is 0 Å². The third-order valence-electron chi connectivity index (χ3n) is 4.19. The van der Waals surface area contributed by atoms with E-state index in [9.17, 15) is 0 Å². The Kier molecular flexibility index (Phi) is 6.23. The van der Waals surface area contributed by atoms with Gasteiger partial charge in [-0.2, -0.15) is 0 Å². The van der Waals surface area contributed by atoms with E-state index in [4.69, 9.17) is 16.3 Å². The Labute approximate surface area is 168 Å². The van der Waals surface area contributed by atoms with Crippen molar-refractivity contribution in [2.24, 2.45) is 0 Å². The highest BCUT2D eigenvalue weighted by molar-refractivity contribution is 9.10. The molecule has 134 valence electrons. The van der Waals surface area contributed by atoms with Crippen molar-refractivity contribution >= 4 is 33.2 Å². The van der Waals surface area contributed by atoms with Gasteiger partial charge in [0, 0.05) is 27.3 Å². The lowest BCUT2D eigenvalue weighted by molar-refractivity contribution is 0.303. The van der Waals surface area contributed by atoms with Crippen LogP contribution in [0.3, 0.4) is 0 Å². The number of anilines is 1. The molecule has 3 rings (SSSR count). The van der Waals surface area contributed by atoms with Crippen molar-refractivity contribution in [3.8, 4) is 5.75 Å². The number of hydrogen-bond donors (Lipinski definition) is 1. The molecule has 0 aliphatic heterocycles. The molecule has 4 heteroatoms. The first-order valence-corrected chi connectivity index (χ1v) is 9.65. The van der Waals surface area contributed by atoms with Gasteiger partial charge in [0.25, 0.3) is 0 Å². The van der Waals surface area contributed by atoms with E-state index < -0.39 is 0 Å². The molecule has 1 N–H and O–H groups in total. The van der Waals surface area contributed by atoms with E-state index >= 15 is 0 Å². The molecule has 3 aromatic rings. The molecule has 0 aliphatic rings. The summed E-state index contributed by atoms with van der Waals surface area (Å²) in [5, 5.41) is 4.26. The molecule has 0 aromatic heterocycles. The van der Waals surface area contributed by atoms with Crippen LogP contribution in [-0.4, -0.2) is 0 Å². The second kappa shape index (κ2) is 8.61. The second-order valence-corrected chi connectivity index (χ2v) is 7.69. The van der Waals surface area contributed by atoms with Crippen molar-refractivity contribution in [3.05, 3.63) is 92.4 Å². The van der Waals surface area contributed by atoms with Crippen molar-refractivity contribution in [2.45, 2.75) is 27.0 Å². The Hall–Kier alpha value is -1.97. The quantitative estimate of drug-likeness (QED) is 0.458. The zero-order valence-electron chi connectivity index (χ0n) is 14.9. The molecule has 0 fully saturated rings. The van der Waals surface area contributed by atoms with Gasteiger partial charge in [0.2, 0.25) is 0 Å². The monoisotopic (exact) mass is 429 g/mol. The van der Waals surface area contributed by atoms with Gasteiger partial charge in [-0.3, -0.25) is 0 Å². The molecule has 0 radical (unpaired) electrons. The van der Waals surface area contributed by atoms with Crippen molar-refractivity contribution in [2.75, 3.05) is 5.32 Å². The summed E-state index contributed by atoms with van der Waals surface area (Å²) in [7, 11) is 0. The number of ether oxygens (including phenoxy) is 1.